The smallest absolute Gasteiger partial charge is 0.381 e. The average molecular weight is 190 g/mol. The van der Waals surface area contributed by atoms with Gasteiger partial charge in [0.05, 0.1) is 0 Å². The van der Waals surface area contributed by atoms with Gasteiger partial charge in [-0.05, 0) is 19.3 Å². The van der Waals surface area contributed by atoms with E-state index in [4.69, 9.17) is 4.74 Å². The number of ether oxygens (including phenoxy) is 1. The maximum absolute atomic E-state index is 5.47. The van der Waals surface area contributed by atoms with Crippen LogP contribution in [0.25, 0.3) is 0 Å². The van der Waals surface area contributed by atoms with E-state index in [2.05, 4.69) is 26.0 Å². The van der Waals surface area contributed by atoms with Crippen LogP contribution in [0.4, 0.5) is 0 Å². The minimum absolute atomic E-state index is 0. The Kier molecular flexibility index (Phi) is 18.8. The first-order valence-electron chi connectivity index (χ1n) is 5.43. The molecule has 0 rings (SSSR count). The molecule has 0 atom stereocenters. The number of unbranched alkanes of at least 4 members (excludes halogenated alkanes) is 3. The van der Waals surface area contributed by atoms with Gasteiger partial charge in [-0.1, -0.05) is 25.8 Å². The number of rotatable bonds is 9. The first kappa shape index (κ1) is 16.7. The molecule has 0 N–H and O–H groups in total. The van der Waals surface area contributed by atoms with E-state index >= 15 is 0 Å². The van der Waals surface area contributed by atoms with E-state index in [1.54, 1.807) is 0 Å². The van der Waals surface area contributed by atoms with Crippen LogP contribution in [-0.4, -0.2) is 13.2 Å². The summed E-state index contributed by atoms with van der Waals surface area (Å²) >= 11 is 0. The quantitative estimate of drug-likeness (QED) is 0.226. The second-order valence-corrected chi connectivity index (χ2v) is 3.22. The fraction of sp³-hybridized carbons (Fsp3) is 0.750. The SMILES string of the molecule is [CH2-]CC=CCCCOCCCCC.[Li+]. The average Bonchev–Trinajstić information content (AvgIpc) is 2.16. The van der Waals surface area contributed by atoms with Gasteiger partial charge in [0, 0.05) is 13.2 Å². The largest absolute Gasteiger partial charge is 1.00 e. The van der Waals surface area contributed by atoms with E-state index in [1.807, 2.05) is 0 Å². The van der Waals surface area contributed by atoms with Gasteiger partial charge in [0.15, 0.2) is 0 Å². The molecule has 0 aromatic carbocycles. The first-order chi connectivity index (χ1) is 6.41. The minimum atomic E-state index is 0. The van der Waals surface area contributed by atoms with E-state index in [0.717, 1.165) is 32.5 Å². The monoisotopic (exact) mass is 190 g/mol. The molecule has 14 heavy (non-hydrogen) atoms. The molecule has 0 aliphatic rings. The molecule has 0 spiro atoms. The van der Waals surface area contributed by atoms with E-state index in [9.17, 15) is 0 Å². The fourth-order valence-electron chi connectivity index (χ4n) is 1.10. The van der Waals surface area contributed by atoms with Crippen molar-refractivity contribution in [1.29, 1.82) is 0 Å². The Bertz CT molecular complexity index is 113. The molecule has 0 saturated carbocycles. The molecule has 0 radical (unpaired) electrons. The van der Waals surface area contributed by atoms with Gasteiger partial charge in [-0.15, -0.1) is 6.08 Å². The summed E-state index contributed by atoms with van der Waals surface area (Å²) in [7, 11) is 0. The molecule has 2 heteroatoms. The Morgan fingerprint density at radius 3 is 2.43 bits per heavy atom. The summed E-state index contributed by atoms with van der Waals surface area (Å²) in [5, 5.41) is 0. The van der Waals surface area contributed by atoms with Gasteiger partial charge in [0.1, 0.15) is 0 Å². The number of hydrogen-bond acceptors (Lipinski definition) is 1. The molecule has 0 aliphatic heterocycles. The summed E-state index contributed by atoms with van der Waals surface area (Å²) in [4.78, 5) is 0. The third-order valence-corrected chi connectivity index (χ3v) is 1.89. The molecule has 1 nitrogen and oxygen atoms in total. The van der Waals surface area contributed by atoms with Crippen LogP contribution in [0.3, 0.4) is 0 Å². The maximum atomic E-state index is 5.47. The third kappa shape index (κ3) is 14.8. The molecule has 0 saturated heterocycles. The normalized spacial score (nSPS) is 10.4. The second kappa shape index (κ2) is 15.8. The van der Waals surface area contributed by atoms with Gasteiger partial charge in [-0.3, -0.25) is 0 Å². The summed E-state index contributed by atoms with van der Waals surface area (Å²) in [6.45, 7) is 7.79. The summed E-state index contributed by atoms with van der Waals surface area (Å²) in [5.41, 5.74) is 0. The van der Waals surface area contributed by atoms with Crippen molar-refractivity contribution in [3.05, 3.63) is 19.1 Å². The second-order valence-electron chi connectivity index (χ2n) is 3.22. The van der Waals surface area contributed by atoms with E-state index in [0.29, 0.717) is 0 Å². The zero-order valence-electron chi connectivity index (χ0n) is 9.93. The van der Waals surface area contributed by atoms with Crippen molar-refractivity contribution in [2.45, 2.75) is 45.4 Å². The molecule has 0 aromatic heterocycles. The first-order valence-corrected chi connectivity index (χ1v) is 5.43. The maximum Gasteiger partial charge on any atom is 1.00 e. The van der Waals surface area contributed by atoms with E-state index in [1.165, 1.54) is 19.3 Å². The van der Waals surface area contributed by atoms with Gasteiger partial charge in [-0.25, -0.2) is 0 Å². The van der Waals surface area contributed by atoms with Crippen LogP contribution in [0.5, 0.6) is 0 Å². The van der Waals surface area contributed by atoms with Crippen LogP contribution < -0.4 is 18.9 Å². The van der Waals surface area contributed by atoms with Gasteiger partial charge >= 0.3 is 18.9 Å². The van der Waals surface area contributed by atoms with E-state index in [-0.39, 0.29) is 18.9 Å². The molecule has 0 amide bonds. The van der Waals surface area contributed by atoms with Crippen molar-refractivity contribution in [3.63, 3.8) is 0 Å². The molecule has 0 fully saturated rings. The Labute approximate surface area is 101 Å². The molecule has 0 aliphatic carbocycles. The van der Waals surface area contributed by atoms with Crippen LogP contribution >= 0.6 is 0 Å². The zero-order chi connectivity index (χ0) is 9.78. The van der Waals surface area contributed by atoms with Crippen molar-refractivity contribution < 1.29 is 23.6 Å². The summed E-state index contributed by atoms with van der Waals surface area (Å²) in [6.07, 6.45) is 11.2. The minimum Gasteiger partial charge on any atom is -0.381 e. The summed E-state index contributed by atoms with van der Waals surface area (Å²) < 4.78 is 5.47. The standard InChI is InChI=1S/C12H23O.Li/c1-3-5-7-8-10-12-13-11-9-6-4-2;/h5,7H,1,3-4,6,8-12H2,2H3;/q-1;+1. The van der Waals surface area contributed by atoms with Crippen molar-refractivity contribution >= 4 is 0 Å². The van der Waals surface area contributed by atoms with Crippen molar-refractivity contribution in [2.75, 3.05) is 13.2 Å². The Morgan fingerprint density at radius 2 is 1.79 bits per heavy atom. The summed E-state index contributed by atoms with van der Waals surface area (Å²) in [6, 6.07) is 0. The third-order valence-electron chi connectivity index (χ3n) is 1.89. The van der Waals surface area contributed by atoms with Gasteiger partial charge in [-0.2, -0.15) is 6.42 Å². The van der Waals surface area contributed by atoms with Crippen molar-refractivity contribution in [2.24, 2.45) is 0 Å². The van der Waals surface area contributed by atoms with Crippen LogP contribution in [0, 0.1) is 6.92 Å². The number of allylic oxidation sites excluding steroid dienone is 2. The Morgan fingerprint density at radius 1 is 1.07 bits per heavy atom. The van der Waals surface area contributed by atoms with Gasteiger partial charge in [0.25, 0.3) is 0 Å². The molecule has 0 aromatic rings. The van der Waals surface area contributed by atoms with Crippen LogP contribution in [-0.2, 0) is 4.74 Å². The number of hydrogen-bond donors (Lipinski definition) is 0. The molecule has 0 unspecified atom stereocenters. The molecule has 78 valence electrons. The van der Waals surface area contributed by atoms with Gasteiger partial charge < -0.3 is 11.7 Å². The van der Waals surface area contributed by atoms with Crippen molar-refractivity contribution in [3.8, 4) is 0 Å². The van der Waals surface area contributed by atoms with Crippen LogP contribution in [0.15, 0.2) is 12.2 Å². The zero-order valence-corrected chi connectivity index (χ0v) is 9.93. The molecular formula is C12H23LiO. The topological polar surface area (TPSA) is 9.23 Å². The predicted octanol–water partition coefficient (Wildman–Crippen LogP) is 0.758. The van der Waals surface area contributed by atoms with Crippen LogP contribution in [0.1, 0.15) is 45.4 Å². The fourth-order valence-corrected chi connectivity index (χ4v) is 1.10. The molecule has 0 heterocycles. The molecular weight excluding hydrogens is 167 g/mol. The summed E-state index contributed by atoms with van der Waals surface area (Å²) in [5.74, 6) is 0. The van der Waals surface area contributed by atoms with Crippen molar-refractivity contribution in [1.82, 2.24) is 0 Å². The van der Waals surface area contributed by atoms with E-state index < -0.39 is 0 Å². The molecule has 0 bridgehead atoms. The predicted molar refractivity (Wildman–Crippen MR) is 58.7 cm³/mol. The van der Waals surface area contributed by atoms with Crippen LogP contribution in [0.2, 0.25) is 0 Å². The Hall–Kier alpha value is 0.297. The Balaban J connectivity index is 0. The van der Waals surface area contributed by atoms with Gasteiger partial charge in [0.2, 0.25) is 0 Å².